The highest BCUT2D eigenvalue weighted by atomic mass is 32.2. The van der Waals surface area contributed by atoms with Gasteiger partial charge in [0.1, 0.15) is 5.75 Å². The maximum absolute atomic E-state index is 12.6. The minimum atomic E-state index is -0.899. The number of carboxylic acid groups (broad SMARTS) is 1. The van der Waals surface area contributed by atoms with Gasteiger partial charge in [-0.25, -0.2) is 0 Å². The minimum Gasteiger partial charge on any atom is -0.496 e. The molecule has 1 aliphatic heterocycles. The van der Waals surface area contributed by atoms with Gasteiger partial charge in [0, 0.05) is 16.9 Å². The fraction of sp³-hybridized carbons (Fsp3) is 0.222. The molecule has 1 heterocycles. The highest BCUT2D eigenvalue weighted by Crippen LogP contribution is 2.42. The van der Waals surface area contributed by atoms with Crippen LogP contribution in [-0.4, -0.2) is 24.0 Å². The van der Waals surface area contributed by atoms with E-state index in [-0.39, 0.29) is 12.2 Å². The number of hydrogen-bond acceptors (Lipinski definition) is 4. The molecule has 2 aromatic rings. The molecule has 1 unspecified atom stereocenters. The van der Waals surface area contributed by atoms with E-state index in [0.717, 1.165) is 21.1 Å². The fourth-order valence-corrected chi connectivity index (χ4v) is 3.78. The van der Waals surface area contributed by atoms with Crippen molar-refractivity contribution < 1.29 is 19.4 Å². The zero-order chi connectivity index (χ0) is 16.6. The summed E-state index contributed by atoms with van der Waals surface area (Å²) in [4.78, 5) is 25.6. The number of hydrogen-bond donors (Lipinski definition) is 1. The third kappa shape index (κ3) is 2.84. The highest BCUT2D eigenvalue weighted by molar-refractivity contribution is 7.99. The van der Waals surface area contributed by atoms with Crippen LogP contribution in [0.4, 0.5) is 0 Å². The summed E-state index contributed by atoms with van der Waals surface area (Å²) in [6.07, 6.45) is 0.289. The van der Waals surface area contributed by atoms with Crippen molar-refractivity contribution in [3.63, 3.8) is 0 Å². The summed E-state index contributed by atoms with van der Waals surface area (Å²) in [7, 11) is 1.61. The first-order valence-corrected chi connectivity index (χ1v) is 8.06. The smallest absolute Gasteiger partial charge is 0.310 e. The Morgan fingerprint density at radius 1 is 1.30 bits per heavy atom. The Labute approximate surface area is 138 Å². The number of rotatable bonds is 3. The van der Waals surface area contributed by atoms with Gasteiger partial charge in [-0.05, 0) is 36.2 Å². The van der Waals surface area contributed by atoms with E-state index in [4.69, 9.17) is 9.84 Å². The molecule has 1 aliphatic rings. The van der Waals surface area contributed by atoms with Crippen LogP contribution in [0.5, 0.6) is 5.75 Å². The highest BCUT2D eigenvalue weighted by Gasteiger charge is 2.24. The number of methoxy groups -OCH3 is 1. The van der Waals surface area contributed by atoms with Gasteiger partial charge in [0.05, 0.1) is 17.9 Å². The second-order valence-electron chi connectivity index (χ2n) is 5.47. The van der Waals surface area contributed by atoms with Crippen molar-refractivity contribution in [2.75, 3.05) is 7.11 Å². The molecule has 2 aromatic carbocycles. The lowest BCUT2D eigenvalue weighted by atomic mass is 9.96. The predicted octanol–water partition coefficient (Wildman–Crippen LogP) is 3.77. The van der Waals surface area contributed by atoms with Gasteiger partial charge in [-0.1, -0.05) is 30.0 Å². The molecule has 23 heavy (non-hydrogen) atoms. The molecular weight excluding hydrogens is 312 g/mol. The molecule has 0 bridgehead atoms. The number of carbonyl (C=O) groups excluding carboxylic acids is 1. The lowest BCUT2D eigenvalue weighted by molar-refractivity contribution is -0.138. The van der Waals surface area contributed by atoms with Crippen LogP contribution in [0.2, 0.25) is 0 Å². The first-order chi connectivity index (χ1) is 11.0. The van der Waals surface area contributed by atoms with Gasteiger partial charge in [-0.15, -0.1) is 0 Å². The molecule has 0 saturated heterocycles. The van der Waals surface area contributed by atoms with E-state index < -0.39 is 11.9 Å². The van der Waals surface area contributed by atoms with Crippen LogP contribution in [-0.2, 0) is 11.2 Å². The summed E-state index contributed by atoms with van der Waals surface area (Å²) in [5, 5.41) is 9.16. The quantitative estimate of drug-likeness (QED) is 0.929. The Kier molecular flexibility index (Phi) is 4.13. The zero-order valence-corrected chi connectivity index (χ0v) is 13.6. The van der Waals surface area contributed by atoms with Gasteiger partial charge in [-0.3, -0.25) is 9.59 Å². The number of ketones is 1. The normalized spacial score (nSPS) is 14.4. The number of Topliss-reactive ketones (excluding diaryl/α,β-unsaturated/α-hetero) is 1. The van der Waals surface area contributed by atoms with E-state index in [0.29, 0.717) is 11.1 Å². The lowest BCUT2D eigenvalue weighted by Crippen LogP contribution is -2.10. The summed E-state index contributed by atoms with van der Waals surface area (Å²) < 4.78 is 5.40. The first kappa shape index (κ1) is 15.6. The van der Waals surface area contributed by atoms with Gasteiger partial charge in [-0.2, -0.15) is 0 Å². The second-order valence-corrected chi connectivity index (χ2v) is 6.52. The number of carboxylic acids is 1. The Morgan fingerprint density at radius 3 is 2.78 bits per heavy atom. The van der Waals surface area contributed by atoms with Crippen molar-refractivity contribution in [1.29, 1.82) is 0 Å². The largest absolute Gasteiger partial charge is 0.496 e. The minimum absolute atomic E-state index is 0.000980. The number of aliphatic carboxylic acids is 1. The van der Waals surface area contributed by atoms with Crippen LogP contribution >= 0.6 is 11.8 Å². The topological polar surface area (TPSA) is 63.6 Å². The van der Waals surface area contributed by atoms with Crippen molar-refractivity contribution in [3.05, 3.63) is 53.1 Å². The number of fused-ring (bicyclic) bond motifs is 2. The van der Waals surface area contributed by atoms with Gasteiger partial charge in [0.15, 0.2) is 5.78 Å². The SMILES string of the molecule is COc1cccc2c1Sc1ccc(C(C)C(=O)O)cc1C(=O)C2. The van der Waals surface area contributed by atoms with E-state index in [1.165, 1.54) is 11.8 Å². The third-order valence-electron chi connectivity index (χ3n) is 4.02. The fourth-order valence-electron chi connectivity index (χ4n) is 2.62. The van der Waals surface area contributed by atoms with Crippen LogP contribution in [0.3, 0.4) is 0 Å². The second kappa shape index (κ2) is 6.08. The van der Waals surface area contributed by atoms with Crippen LogP contribution in [0.25, 0.3) is 0 Å². The molecule has 0 spiro atoms. The van der Waals surface area contributed by atoms with E-state index in [1.807, 2.05) is 24.3 Å². The summed E-state index contributed by atoms with van der Waals surface area (Å²) in [5.74, 6) is -0.794. The Hall–Kier alpha value is -2.27. The van der Waals surface area contributed by atoms with Gasteiger partial charge < -0.3 is 9.84 Å². The van der Waals surface area contributed by atoms with Crippen molar-refractivity contribution in [2.45, 2.75) is 29.1 Å². The Balaban J connectivity index is 2.09. The van der Waals surface area contributed by atoms with E-state index in [2.05, 4.69) is 0 Å². The molecule has 0 amide bonds. The summed E-state index contributed by atoms with van der Waals surface area (Å²) >= 11 is 1.49. The molecule has 1 N–H and O–H groups in total. The number of benzene rings is 2. The standard InChI is InChI=1S/C18H16O4S/c1-10(18(20)21)11-6-7-16-13(8-11)14(19)9-12-4-3-5-15(22-2)17(12)23-16/h3-8,10H,9H2,1-2H3,(H,20,21). The molecule has 4 nitrogen and oxygen atoms in total. The average molecular weight is 328 g/mol. The maximum atomic E-state index is 12.6. The number of carbonyl (C=O) groups is 2. The van der Waals surface area contributed by atoms with Crippen molar-refractivity contribution in [1.82, 2.24) is 0 Å². The third-order valence-corrected chi connectivity index (χ3v) is 5.26. The summed E-state index contributed by atoms with van der Waals surface area (Å²) in [6.45, 7) is 1.62. The average Bonchev–Trinajstić information content (AvgIpc) is 2.69. The summed E-state index contributed by atoms with van der Waals surface area (Å²) in [5.41, 5.74) is 2.16. The van der Waals surface area contributed by atoms with E-state index >= 15 is 0 Å². The van der Waals surface area contributed by atoms with E-state index in [1.54, 1.807) is 26.2 Å². The molecule has 5 heteroatoms. The molecule has 0 aromatic heterocycles. The predicted molar refractivity (Wildman–Crippen MR) is 87.6 cm³/mol. The monoisotopic (exact) mass is 328 g/mol. The zero-order valence-electron chi connectivity index (χ0n) is 12.8. The molecule has 0 aliphatic carbocycles. The summed E-state index contributed by atoms with van der Waals surface area (Å²) in [6, 6.07) is 11.0. The first-order valence-electron chi connectivity index (χ1n) is 7.25. The molecular formula is C18H16O4S. The molecule has 0 fully saturated rings. The van der Waals surface area contributed by atoms with Gasteiger partial charge in [0.25, 0.3) is 0 Å². The van der Waals surface area contributed by atoms with Gasteiger partial charge in [0.2, 0.25) is 0 Å². The molecule has 0 saturated carbocycles. The molecule has 118 valence electrons. The van der Waals surface area contributed by atoms with Crippen molar-refractivity contribution in [2.24, 2.45) is 0 Å². The van der Waals surface area contributed by atoms with Crippen LogP contribution in [0.1, 0.15) is 34.3 Å². The maximum Gasteiger partial charge on any atom is 0.310 e. The van der Waals surface area contributed by atoms with Crippen molar-refractivity contribution in [3.8, 4) is 5.75 Å². The van der Waals surface area contributed by atoms with Crippen LogP contribution in [0.15, 0.2) is 46.2 Å². The van der Waals surface area contributed by atoms with E-state index in [9.17, 15) is 9.59 Å². The molecule has 1 atom stereocenters. The lowest BCUT2D eigenvalue weighted by Gasteiger charge is -2.12. The number of ether oxygens (including phenoxy) is 1. The van der Waals surface area contributed by atoms with Crippen LogP contribution in [0, 0.1) is 0 Å². The molecule has 3 rings (SSSR count). The Bertz CT molecular complexity index is 798. The van der Waals surface area contributed by atoms with Crippen LogP contribution < -0.4 is 4.74 Å². The Morgan fingerprint density at radius 2 is 2.09 bits per heavy atom. The van der Waals surface area contributed by atoms with Gasteiger partial charge >= 0.3 is 5.97 Å². The molecule has 0 radical (unpaired) electrons. The van der Waals surface area contributed by atoms with Crippen molar-refractivity contribution >= 4 is 23.5 Å².